The van der Waals surface area contributed by atoms with Crippen molar-refractivity contribution in [3.63, 3.8) is 0 Å². The van der Waals surface area contributed by atoms with Gasteiger partial charge in [0.05, 0.1) is 11.4 Å². The van der Waals surface area contributed by atoms with Crippen LogP contribution >= 0.6 is 0 Å². The third kappa shape index (κ3) is 3.55. The number of rotatable bonds is 6. The molecule has 1 aromatic heterocycles. The van der Waals surface area contributed by atoms with Gasteiger partial charge in [-0.3, -0.25) is 9.59 Å². The lowest BCUT2D eigenvalue weighted by Crippen LogP contribution is -2.38. The van der Waals surface area contributed by atoms with Crippen LogP contribution in [0.5, 0.6) is 0 Å². The van der Waals surface area contributed by atoms with Gasteiger partial charge in [0.25, 0.3) is 5.91 Å². The molecule has 1 heterocycles. The number of benzene rings is 1. The Morgan fingerprint density at radius 3 is 2.54 bits per heavy atom. The lowest BCUT2D eigenvalue weighted by molar-refractivity contribution is -0.136. The van der Waals surface area contributed by atoms with Crippen LogP contribution in [0.25, 0.3) is 5.69 Å². The molecule has 2 aliphatic carbocycles. The molecule has 6 heteroatoms. The van der Waals surface area contributed by atoms with Crippen LogP contribution in [0.15, 0.2) is 24.3 Å². The average molecular weight is 381 g/mol. The largest absolute Gasteiger partial charge is 0.481 e. The van der Waals surface area contributed by atoms with Gasteiger partial charge in [0.15, 0.2) is 0 Å². The number of hydrogen-bond donors (Lipinski definition) is 2. The first-order valence-corrected chi connectivity index (χ1v) is 10.1. The van der Waals surface area contributed by atoms with Crippen LogP contribution in [-0.4, -0.2) is 32.8 Å². The van der Waals surface area contributed by atoms with E-state index in [1.807, 2.05) is 42.8 Å². The number of aliphatic carboxylic acids is 1. The third-order valence-corrected chi connectivity index (χ3v) is 6.46. The minimum absolute atomic E-state index is 0.000356. The summed E-state index contributed by atoms with van der Waals surface area (Å²) >= 11 is 0. The summed E-state index contributed by atoms with van der Waals surface area (Å²) < 4.78 is 1.82. The average Bonchev–Trinajstić information content (AvgIpc) is 3.35. The highest BCUT2D eigenvalue weighted by Crippen LogP contribution is 2.44. The fourth-order valence-corrected chi connectivity index (χ4v) is 4.95. The maximum atomic E-state index is 12.6. The summed E-state index contributed by atoms with van der Waals surface area (Å²) in [5.74, 6) is 0.656. The van der Waals surface area contributed by atoms with E-state index in [0.29, 0.717) is 23.9 Å². The van der Waals surface area contributed by atoms with Gasteiger partial charge in [0, 0.05) is 23.7 Å². The first-order chi connectivity index (χ1) is 13.4. The van der Waals surface area contributed by atoms with E-state index in [1.165, 1.54) is 19.3 Å². The number of carboxylic acids is 1. The quantitative estimate of drug-likeness (QED) is 0.803. The Kier molecular flexibility index (Phi) is 4.96. The maximum Gasteiger partial charge on any atom is 0.303 e. The summed E-state index contributed by atoms with van der Waals surface area (Å²) in [6.45, 7) is 3.85. The molecule has 4 rings (SSSR count). The molecule has 2 fully saturated rings. The van der Waals surface area contributed by atoms with Crippen LogP contribution in [0, 0.1) is 25.7 Å². The lowest BCUT2D eigenvalue weighted by atomic mass is 9.95. The molecule has 6 nitrogen and oxygen atoms in total. The van der Waals surface area contributed by atoms with E-state index in [0.717, 1.165) is 35.0 Å². The zero-order valence-corrected chi connectivity index (χ0v) is 16.4. The smallest absolute Gasteiger partial charge is 0.303 e. The number of aromatic nitrogens is 2. The van der Waals surface area contributed by atoms with Crippen molar-refractivity contribution in [3.8, 4) is 5.69 Å². The van der Waals surface area contributed by atoms with Gasteiger partial charge in [-0.1, -0.05) is 6.42 Å². The van der Waals surface area contributed by atoms with Crippen molar-refractivity contribution in [2.45, 2.75) is 58.4 Å². The van der Waals surface area contributed by atoms with E-state index < -0.39 is 5.97 Å². The van der Waals surface area contributed by atoms with Crippen molar-refractivity contribution in [1.29, 1.82) is 0 Å². The summed E-state index contributed by atoms with van der Waals surface area (Å²) in [5, 5.41) is 16.7. The highest BCUT2D eigenvalue weighted by molar-refractivity contribution is 5.94. The normalized spacial score (nSPS) is 23.1. The number of nitrogens with zero attached hydrogens (tertiary/aromatic N) is 2. The summed E-state index contributed by atoms with van der Waals surface area (Å²) in [5.41, 5.74) is 4.30. The Bertz CT molecular complexity index is 900. The number of carbonyl (C=O) groups is 2. The van der Waals surface area contributed by atoms with Crippen molar-refractivity contribution >= 4 is 11.9 Å². The Hall–Kier alpha value is -2.63. The molecule has 1 amide bonds. The van der Waals surface area contributed by atoms with Gasteiger partial charge in [0.2, 0.25) is 0 Å². The van der Waals surface area contributed by atoms with Crippen LogP contribution < -0.4 is 5.32 Å². The molecule has 2 aromatic rings. The Morgan fingerprint density at radius 2 is 1.93 bits per heavy atom. The zero-order chi connectivity index (χ0) is 19.8. The molecule has 28 heavy (non-hydrogen) atoms. The van der Waals surface area contributed by atoms with E-state index in [9.17, 15) is 9.59 Å². The van der Waals surface area contributed by atoms with Crippen molar-refractivity contribution in [1.82, 2.24) is 15.1 Å². The molecule has 0 aliphatic heterocycles. The van der Waals surface area contributed by atoms with Crippen LogP contribution in [0.3, 0.4) is 0 Å². The number of carboxylic acid groups (broad SMARTS) is 1. The van der Waals surface area contributed by atoms with Crippen molar-refractivity contribution < 1.29 is 14.7 Å². The van der Waals surface area contributed by atoms with E-state index in [4.69, 9.17) is 5.11 Å². The van der Waals surface area contributed by atoms with Gasteiger partial charge in [-0.15, -0.1) is 0 Å². The molecular formula is C22H27N3O3. The number of fused-ring (bicyclic) bond motifs is 2. The van der Waals surface area contributed by atoms with Gasteiger partial charge >= 0.3 is 5.97 Å². The molecule has 2 N–H and O–H groups in total. The van der Waals surface area contributed by atoms with Crippen molar-refractivity contribution in [2.75, 3.05) is 0 Å². The second kappa shape index (κ2) is 7.41. The van der Waals surface area contributed by atoms with E-state index >= 15 is 0 Å². The number of aryl methyl sites for hydroxylation is 1. The fraction of sp³-hybridized carbons (Fsp3) is 0.500. The summed E-state index contributed by atoms with van der Waals surface area (Å²) in [4.78, 5) is 23.5. The minimum Gasteiger partial charge on any atom is -0.481 e. The maximum absolute atomic E-state index is 12.6. The molecule has 2 aliphatic rings. The molecule has 3 unspecified atom stereocenters. The SMILES string of the molecule is Cc1nn(-c2ccc(C(=O)NC3CC4CCC3C4)cc2)c(C)c1CCC(=O)O. The second-order valence-electron chi connectivity index (χ2n) is 8.26. The number of hydrogen-bond acceptors (Lipinski definition) is 3. The minimum atomic E-state index is -0.808. The Morgan fingerprint density at radius 1 is 1.18 bits per heavy atom. The number of nitrogens with one attached hydrogen (secondary N) is 1. The molecule has 3 atom stereocenters. The highest BCUT2D eigenvalue weighted by Gasteiger charge is 2.40. The first-order valence-electron chi connectivity index (χ1n) is 10.1. The van der Waals surface area contributed by atoms with Gasteiger partial charge in [0.1, 0.15) is 0 Å². The van der Waals surface area contributed by atoms with E-state index in [1.54, 1.807) is 0 Å². The van der Waals surface area contributed by atoms with Crippen LogP contribution in [-0.2, 0) is 11.2 Å². The standard InChI is InChI=1S/C22H27N3O3/c1-13-19(9-10-21(26)27)14(2)25(24-13)18-7-5-16(6-8-18)22(28)23-20-12-15-3-4-17(20)11-15/h5-8,15,17,20H,3-4,9-12H2,1-2H3,(H,23,28)(H,26,27). The predicted molar refractivity (Wildman–Crippen MR) is 106 cm³/mol. The molecule has 2 bridgehead atoms. The van der Waals surface area contributed by atoms with E-state index in [-0.39, 0.29) is 12.3 Å². The molecule has 0 radical (unpaired) electrons. The van der Waals surface area contributed by atoms with Gasteiger partial charge in [-0.25, -0.2) is 4.68 Å². The van der Waals surface area contributed by atoms with E-state index in [2.05, 4.69) is 10.4 Å². The summed E-state index contributed by atoms with van der Waals surface area (Å²) in [6, 6.07) is 7.81. The topological polar surface area (TPSA) is 84.2 Å². The third-order valence-electron chi connectivity index (χ3n) is 6.46. The van der Waals surface area contributed by atoms with Crippen LogP contribution in [0.4, 0.5) is 0 Å². The van der Waals surface area contributed by atoms with Crippen molar-refractivity contribution in [3.05, 3.63) is 46.8 Å². The highest BCUT2D eigenvalue weighted by atomic mass is 16.4. The molecule has 0 spiro atoms. The monoisotopic (exact) mass is 381 g/mol. The number of amides is 1. The fourth-order valence-electron chi connectivity index (χ4n) is 4.95. The second-order valence-corrected chi connectivity index (χ2v) is 8.26. The Balaban J connectivity index is 1.46. The summed E-state index contributed by atoms with van der Waals surface area (Å²) in [7, 11) is 0. The molecular weight excluding hydrogens is 354 g/mol. The van der Waals surface area contributed by atoms with Gasteiger partial charge in [-0.2, -0.15) is 5.10 Å². The van der Waals surface area contributed by atoms with Gasteiger partial charge < -0.3 is 10.4 Å². The Labute approximate surface area is 164 Å². The predicted octanol–water partition coefficient (Wildman–Crippen LogP) is 3.42. The molecule has 0 saturated heterocycles. The number of carbonyl (C=O) groups excluding carboxylic acids is 1. The van der Waals surface area contributed by atoms with Crippen LogP contribution in [0.1, 0.15) is 59.4 Å². The molecule has 1 aromatic carbocycles. The van der Waals surface area contributed by atoms with Crippen LogP contribution in [0.2, 0.25) is 0 Å². The lowest BCUT2D eigenvalue weighted by Gasteiger charge is -2.22. The first kappa shape index (κ1) is 18.7. The van der Waals surface area contributed by atoms with Crippen molar-refractivity contribution in [2.24, 2.45) is 11.8 Å². The molecule has 2 saturated carbocycles. The zero-order valence-electron chi connectivity index (χ0n) is 16.4. The summed E-state index contributed by atoms with van der Waals surface area (Å²) in [6.07, 6.45) is 5.53. The molecule has 148 valence electrons. The van der Waals surface area contributed by atoms with Gasteiger partial charge in [-0.05, 0) is 81.2 Å².